The van der Waals surface area contributed by atoms with E-state index in [1.165, 1.54) is 36.3 Å². The smallest absolute Gasteiger partial charge is 0.190 e. The van der Waals surface area contributed by atoms with Crippen molar-refractivity contribution < 1.29 is 0 Å². The average Bonchev–Trinajstić information content (AvgIpc) is 3.56. The lowest BCUT2D eigenvalue weighted by Crippen LogP contribution is -1.90. The van der Waals surface area contributed by atoms with E-state index in [1.807, 2.05) is 24.5 Å². The number of rotatable bonds is 4. The van der Waals surface area contributed by atoms with Gasteiger partial charge in [-0.1, -0.05) is 60.7 Å². The zero-order chi connectivity index (χ0) is 32.9. The molecule has 9 aromatic rings. The molecule has 0 saturated carbocycles. The zero-order valence-electron chi connectivity index (χ0n) is 25.8. The maximum atomic E-state index is 9.33. The normalized spacial score (nSPS) is 11.2. The van der Waals surface area contributed by atoms with Gasteiger partial charge in [-0.25, -0.2) is 4.85 Å². The van der Waals surface area contributed by atoms with Gasteiger partial charge in [0.2, 0.25) is 0 Å². The van der Waals surface area contributed by atoms with E-state index in [-0.39, 0.29) is 0 Å². The highest BCUT2D eigenvalue weighted by atomic mass is 32.1. The van der Waals surface area contributed by atoms with Gasteiger partial charge in [0, 0.05) is 56.1 Å². The lowest BCUT2D eigenvalue weighted by molar-refractivity contribution is 1.24. The lowest BCUT2D eigenvalue weighted by Gasteiger charge is -2.12. The number of nitriles is 1. The predicted molar refractivity (Wildman–Crippen MR) is 198 cm³/mol. The third kappa shape index (κ3) is 4.77. The van der Waals surface area contributed by atoms with Gasteiger partial charge in [-0.2, -0.15) is 5.26 Å². The summed E-state index contributed by atoms with van der Waals surface area (Å²) in [5, 5.41) is 16.6. The number of nitrogens with zero attached hydrogens (tertiary/aromatic N) is 6. The molecular weight excluding hydrogens is 621 g/mol. The molecule has 0 aliphatic heterocycles. The number of benzene rings is 4. The van der Waals surface area contributed by atoms with Crippen LogP contribution in [0.3, 0.4) is 0 Å². The summed E-state index contributed by atoms with van der Waals surface area (Å²) >= 11 is 1.80. The lowest BCUT2D eigenvalue weighted by atomic mass is 9.92. The Kier molecular flexibility index (Phi) is 6.65. The molecular formula is C42H22N6S. The summed E-state index contributed by atoms with van der Waals surface area (Å²) in [6.07, 6.45) is 7.09. The summed E-state index contributed by atoms with van der Waals surface area (Å²) in [6, 6.07) is 39.0. The predicted octanol–water partition coefficient (Wildman–Crippen LogP) is 11.0. The van der Waals surface area contributed by atoms with Gasteiger partial charge >= 0.3 is 0 Å². The van der Waals surface area contributed by atoms with Gasteiger partial charge in [-0.15, -0.1) is 11.3 Å². The molecule has 0 bridgehead atoms. The molecule has 5 aromatic heterocycles. The second kappa shape index (κ2) is 11.5. The molecule has 0 saturated heterocycles. The molecule has 6 nitrogen and oxygen atoms in total. The second-order valence-corrected chi connectivity index (χ2v) is 12.8. The molecule has 0 fully saturated rings. The highest BCUT2D eigenvalue weighted by molar-refractivity contribution is 7.26. The van der Waals surface area contributed by atoms with E-state index in [1.54, 1.807) is 48.0 Å². The van der Waals surface area contributed by atoms with E-state index >= 15 is 0 Å². The highest BCUT2D eigenvalue weighted by Gasteiger charge is 2.18. The van der Waals surface area contributed by atoms with E-state index in [4.69, 9.17) is 16.5 Å². The standard InChI is InChI=1S/C42H22N6S/c1-44-28-15-17-46-38(19-28)36-13-11-27(24-48-36)34-21-40-42(32-9-5-3-7-30(32)34)41-31-8-4-2-6-29(31)33(20-39(41)49-40)26-10-12-35(47-23-26)37-18-25(22-43)14-16-45-37/h2-21,23-24H. The van der Waals surface area contributed by atoms with Crippen molar-refractivity contribution in [1.29, 1.82) is 5.26 Å². The van der Waals surface area contributed by atoms with Crippen molar-refractivity contribution >= 4 is 58.7 Å². The number of hydrogen-bond acceptors (Lipinski definition) is 6. The molecule has 4 aromatic carbocycles. The van der Waals surface area contributed by atoms with Crippen molar-refractivity contribution in [2.45, 2.75) is 0 Å². The first-order valence-electron chi connectivity index (χ1n) is 15.6. The minimum absolute atomic E-state index is 0.542. The topological polar surface area (TPSA) is 79.7 Å². The van der Waals surface area contributed by atoms with E-state index in [0.717, 1.165) is 39.0 Å². The van der Waals surface area contributed by atoms with Gasteiger partial charge in [-0.3, -0.25) is 19.9 Å². The zero-order valence-corrected chi connectivity index (χ0v) is 26.6. The van der Waals surface area contributed by atoms with E-state index in [2.05, 4.69) is 93.7 Å². The Labute approximate surface area is 285 Å². The van der Waals surface area contributed by atoms with Crippen LogP contribution in [0, 0.1) is 17.9 Å². The first-order chi connectivity index (χ1) is 24.2. The van der Waals surface area contributed by atoms with Crippen LogP contribution in [0.5, 0.6) is 0 Å². The van der Waals surface area contributed by atoms with Gasteiger partial charge in [0.25, 0.3) is 0 Å². The van der Waals surface area contributed by atoms with Crippen molar-refractivity contribution in [2.75, 3.05) is 0 Å². The van der Waals surface area contributed by atoms with Crippen molar-refractivity contribution in [3.05, 3.63) is 151 Å². The Balaban J connectivity index is 1.21. The van der Waals surface area contributed by atoms with Gasteiger partial charge < -0.3 is 0 Å². The summed E-state index contributed by atoms with van der Waals surface area (Å²) in [5.41, 5.74) is 8.19. The molecule has 0 N–H and O–H groups in total. The molecule has 49 heavy (non-hydrogen) atoms. The van der Waals surface area contributed by atoms with Crippen LogP contribution in [0.1, 0.15) is 5.56 Å². The SMILES string of the molecule is [C-]#[N+]c1ccnc(-c2ccc(-c3cc4sc5cc(-c6ccc(-c7cc(C#N)ccn7)nc6)c6ccccc6c5c4c4ccccc34)cn2)c1. The molecule has 0 radical (unpaired) electrons. The van der Waals surface area contributed by atoms with Crippen LogP contribution < -0.4 is 0 Å². The Hall–Kier alpha value is -6.80. The number of pyridine rings is 4. The Morgan fingerprint density at radius 1 is 0.551 bits per heavy atom. The molecule has 0 aliphatic rings. The summed E-state index contributed by atoms with van der Waals surface area (Å²) < 4.78 is 2.41. The van der Waals surface area contributed by atoms with Gasteiger partial charge in [0.15, 0.2) is 5.69 Å². The van der Waals surface area contributed by atoms with Gasteiger partial charge in [-0.05, 0) is 81.2 Å². The maximum Gasteiger partial charge on any atom is 0.190 e. The monoisotopic (exact) mass is 642 g/mol. The summed E-state index contributed by atoms with van der Waals surface area (Å²) in [7, 11) is 0. The van der Waals surface area contributed by atoms with Crippen molar-refractivity contribution in [3.63, 3.8) is 0 Å². The largest absolute Gasteiger partial charge is 0.257 e. The fourth-order valence-electron chi connectivity index (χ4n) is 6.65. The first kappa shape index (κ1) is 28.4. The fourth-order valence-corrected chi connectivity index (χ4v) is 7.87. The average molecular weight is 643 g/mol. The highest BCUT2D eigenvalue weighted by Crippen LogP contribution is 2.47. The van der Waals surface area contributed by atoms with Crippen LogP contribution >= 0.6 is 11.3 Å². The number of aromatic nitrogens is 4. The van der Waals surface area contributed by atoms with Crippen LogP contribution in [0.15, 0.2) is 134 Å². The molecule has 0 atom stereocenters. The molecule has 226 valence electrons. The van der Waals surface area contributed by atoms with Gasteiger partial charge in [0.1, 0.15) is 0 Å². The molecule has 0 aliphatic carbocycles. The van der Waals surface area contributed by atoms with Crippen molar-refractivity contribution in [1.82, 2.24) is 19.9 Å². The van der Waals surface area contributed by atoms with E-state index in [0.29, 0.717) is 22.6 Å². The van der Waals surface area contributed by atoms with Gasteiger partial charge in [0.05, 0.1) is 41.0 Å². The summed E-state index contributed by atoms with van der Waals surface area (Å²) in [4.78, 5) is 21.9. The van der Waals surface area contributed by atoms with Crippen LogP contribution in [0.25, 0.3) is 91.6 Å². The van der Waals surface area contributed by atoms with E-state index < -0.39 is 0 Å². The Bertz CT molecular complexity index is 2650. The Morgan fingerprint density at radius 3 is 1.59 bits per heavy atom. The summed E-state index contributed by atoms with van der Waals surface area (Å²) in [6.45, 7) is 7.35. The number of hydrogen-bond donors (Lipinski definition) is 0. The molecule has 5 heterocycles. The minimum Gasteiger partial charge on any atom is -0.257 e. The fraction of sp³-hybridized carbons (Fsp3) is 0. The molecule has 9 rings (SSSR count). The third-order valence-electron chi connectivity index (χ3n) is 8.92. The molecule has 7 heteroatoms. The summed E-state index contributed by atoms with van der Waals surface area (Å²) in [5.74, 6) is 0. The van der Waals surface area contributed by atoms with Crippen LogP contribution in [0.4, 0.5) is 5.69 Å². The minimum atomic E-state index is 0.542. The molecule has 0 amide bonds. The van der Waals surface area contributed by atoms with E-state index in [9.17, 15) is 5.26 Å². The van der Waals surface area contributed by atoms with Crippen molar-refractivity contribution in [3.8, 4) is 51.1 Å². The van der Waals surface area contributed by atoms with Crippen LogP contribution in [0.2, 0.25) is 0 Å². The maximum absolute atomic E-state index is 9.33. The number of thiophene rings is 1. The first-order valence-corrected chi connectivity index (χ1v) is 16.4. The van der Waals surface area contributed by atoms with Crippen molar-refractivity contribution in [2.24, 2.45) is 0 Å². The third-order valence-corrected chi connectivity index (χ3v) is 10.0. The molecule has 0 spiro atoms. The molecule has 0 unspecified atom stereocenters. The Morgan fingerprint density at radius 2 is 1.08 bits per heavy atom. The van der Waals surface area contributed by atoms with Crippen LogP contribution in [-0.2, 0) is 0 Å². The second-order valence-electron chi connectivity index (χ2n) is 11.7. The number of fused-ring (bicyclic) bond motifs is 7. The quantitative estimate of drug-likeness (QED) is 0.178. The van der Waals surface area contributed by atoms with Crippen LogP contribution in [-0.4, -0.2) is 19.9 Å².